The van der Waals surface area contributed by atoms with Crippen LogP contribution < -0.4 is 5.32 Å². The number of hydrogen-bond acceptors (Lipinski definition) is 2. The van der Waals surface area contributed by atoms with Crippen LogP contribution in [0.1, 0.15) is 31.2 Å². The predicted octanol–water partition coefficient (Wildman–Crippen LogP) is 2.71. The Morgan fingerprint density at radius 2 is 2.00 bits per heavy atom. The summed E-state index contributed by atoms with van der Waals surface area (Å²) in [6.45, 7) is 4.35. The maximum absolute atomic E-state index is 12.2. The molecule has 0 radical (unpaired) electrons. The van der Waals surface area contributed by atoms with Gasteiger partial charge in [-0.25, -0.2) is 0 Å². The number of rotatable bonds is 7. The molecule has 2 saturated carbocycles. The maximum Gasteiger partial charge on any atom is 0.223 e. The first-order valence-electron chi connectivity index (χ1n) is 9.33. The zero-order valence-electron chi connectivity index (χ0n) is 13.9. The van der Waals surface area contributed by atoms with Crippen LogP contribution in [0.15, 0.2) is 30.3 Å². The van der Waals surface area contributed by atoms with Gasteiger partial charge < -0.3 is 10.2 Å². The minimum Gasteiger partial charge on any atom is -0.356 e. The van der Waals surface area contributed by atoms with E-state index < -0.39 is 0 Å². The van der Waals surface area contributed by atoms with Gasteiger partial charge in [-0.15, -0.1) is 0 Å². The van der Waals surface area contributed by atoms with Crippen LogP contribution in [0, 0.1) is 23.7 Å². The molecule has 1 heterocycles. The third-order valence-electron chi connectivity index (χ3n) is 5.90. The summed E-state index contributed by atoms with van der Waals surface area (Å²) in [7, 11) is 0. The average molecular weight is 312 g/mol. The van der Waals surface area contributed by atoms with Crippen molar-refractivity contribution in [3.05, 3.63) is 35.9 Å². The Morgan fingerprint density at radius 3 is 2.78 bits per heavy atom. The number of likely N-dealkylation sites (tertiary alicyclic amines) is 1. The molecule has 3 aliphatic rings. The topological polar surface area (TPSA) is 32.3 Å². The van der Waals surface area contributed by atoms with E-state index in [1.165, 1.54) is 31.4 Å². The highest BCUT2D eigenvalue weighted by Crippen LogP contribution is 2.54. The quantitative estimate of drug-likeness (QED) is 0.839. The van der Waals surface area contributed by atoms with E-state index in [9.17, 15) is 4.79 Å². The zero-order chi connectivity index (χ0) is 15.6. The fourth-order valence-electron chi connectivity index (χ4n) is 4.15. The number of carbonyl (C=O) groups excluding carboxylic acids is 1. The molecule has 1 aromatic carbocycles. The minimum absolute atomic E-state index is 0.338. The van der Waals surface area contributed by atoms with Gasteiger partial charge in [-0.3, -0.25) is 4.79 Å². The molecule has 3 nitrogen and oxygen atoms in total. The molecule has 3 heteroatoms. The van der Waals surface area contributed by atoms with Gasteiger partial charge in [0, 0.05) is 25.6 Å². The largest absolute Gasteiger partial charge is 0.356 e. The summed E-state index contributed by atoms with van der Waals surface area (Å²) in [5, 5.41) is 3.23. The highest BCUT2D eigenvalue weighted by molar-refractivity contribution is 5.81. The van der Waals surface area contributed by atoms with Crippen LogP contribution in [0.5, 0.6) is 0 Å². The molecule has 1 aliphatic heterocycles. The van der Waals surface area contributed by atoms with Crippen LogP contribution in [0.25, 0.3) is 0 Å². The van der Waals surface area contributed by atoms with Crippen molar-refractivity contribution in [1.29, 1.82) is 0 Å². The third kappa shape index (κ3) is 3.95. The van der Waals surface area contributed by atoms with E-state index in [1.807, 2.05) is 0 Å². The van der Waals surface area contributed by atoms with Gasteiger partial charge in [0.2, 0.25) is 5.91 Å². The maximum atomic E-state index is 12.2. The summed E-state index contributed by atoms with van der Waals surface area (Å²) in [6.07, 6.45) is 6.25. The number of benzene rings is 1. The van der Waals surface area contributed by atoms with E-state index in [1.54, 1.807) is 0 Å². The molecule has 4 rings (SSSR count). The Labute approximate surface area is 139 Å². The molecular formula is C20H28N2O. The molecule has 23 heavy (non-hydrogen) atoms. The second kappa shape index (κ2) is 6.64. The Bertz CT molecular complexity index is 540. The molecule has 0 bridgehead atoms. The molecule has 3 unspecified atom stereocenters. The lowest BCUT2D eigenvalue weighted by molar-refractivity contribution is -0.122. The summed E-state index contributed by atoms with van der Waals surface area (Å²) >= 11 is 0. The van der Waals surface area contributed by atoms with E-state index in [0.29, 0.717) is 17.7 Å². The van der Waals surface area contributed by atoms with E-state index in [0.717, 1.165) is 44.3 Å². The second-order valence-electron chi connectivity index (χ2n) is 7.78. The molecule has 2 aliphatic carbocycles. The fourth-order valence-corrected chi connectivity index (χ4v) is 4.15. The molecule has 1 aromatic rings. The number of nitrogens with one attached hydrogen (secondary N) is 1. The van der Waals surface area contributed by atoms with Gasteiger partial charge in [0.1, 0.15) is 0 Å². The number of amides is 1. The molecular weight excluding hydrogens is 284 g/mol. The summed E-state index contributed by atoms with van der Waals surface area (Å²) < 4.78 is 0. The van der Waals surface area contributed by atoms with Crippen LogP contribution in [0.4, 0.5) is 0 Å². The fraction of sp³-hybridized carbons (Fsp3) is 0.650. The molecule has 124 valence electrons. The highest BCUT2D eigenvalue weighted by atomic mass is 16.2. The van der Waals surface area contributed by atoms with Crippen LogP contribution in [-0.2, 0) is 11.2 Å². The standard InChI is InChI=1S/C20H28N2O/c23-20(19-12-18(19)17-6-7-17)21-13-16-9-11-22(14-16)10-8-15-4-2-1-3-5-15/h1-5,16-19H,6-14H2,(H,21,23). The SMILES string of the molecule is O=C(NCC1CCN(CCc2ccccc2)C1)C1CC1C1CC1. The smallest absolute Gasteiger partial charge is 0.223 e. The summed E-state index contributed by atoms with van der Waals surface area (Å²) in [4.78, 5) is 14.7. The van der Waals surface area contributed by atoms with Crippen molar-refractivity contribution < 1.29 is 4.79 Å². The van der Waals surface area contributed by atoms with Gasteiger partial charge in [-0.2, -0.15) is 0 Å². The monoisotopic (exact) mass is 312 g/mol. The Kier molecular flexibility index (Phi) is 4.39. The van der Waals surface area contributed by atoms with Gasteiger partial charge in [0.25, 0.3) is 0 Å². The van der Waals surface area contributed by atoms with E-state index >= 15 is 0 Å². The number of hydrogen-bond donors (Lipinski definition) is 1. The molecule has 0 aromatic heterocycles. The van der Waals surface area contributed by atoms with E-state index in [2.05, 4.69) is 40.5 Å². The predicted molar refractivity (Wildman–Crippen MR) is 92.0 cm³/mol. The average Bonchev–Trinajstić information content (AvgIpc) is 3.48. The Morgan fingerprint density at radius 1 is 1.17 bits per heavy atom. The van der Waals surface area contributed by atoms with Gasteiger partial charge in [0.15, 0.2) is 0 Å². The molecule has 1 amide bonds. The second-order valence-corrected chi connectivity index (χ2v) is 7.78. The zero-order valence-corrected chi connectivity index (χ0v) is 13.9. The van der Waals surface area contributed by atoms with Crippen molar-refractivity contribution in [2.45, 2.75) is 32.1 Å². The van der Waals surface area contributed by atoms with Crippen molar-refractivity contribution in [2.75, 3.05) is 26.2 Å². The lowest BCUT2D eigenvalue weighted by Crippen LogP contribution is -2.32. The van der Waals surface area contributed by atoms with Crippen molar-refractivity contribution in [3.8, 4) is 0 Å². The van der Waals surface area contributed by atoms with Crippen LogP contribution >= 0.6 is 0 Å². The van der Waals surface area contributed by atoms with Crippen LogP contribution in [0.2, 0.25) is 0 Å². The Hall–Kier alpha value is -1.35. The first-order valence-corrected chi connectivity index (χ1v) is 9.33. The summed E-state index contributed by atoms with van der Waals surface area (Å²) in [5.74, 6) is 2.97. The lowest BCUT2D eigenvalue weighted by atomic mass is 10.1. The molecule has 1 saturated heterocycles. The normalized spacial score (nSPS) is 30.3. The van der Waals surface area contributed by atoms with Crippen molar-refractivity contribution in [2.24, 2.45) is 23.7 Å². The first-order chi connectivity index (χ1) is 11.3. The van der Waals surface area contributed by atoms with Crippen LogP contribution in [0.3, 0.4) is 0 Å². The molecule has 1 N–H and O–H groups in total. The van der Waals surface area contributed by atoms with E-state index in [-0.39, 0.29) is 0 Å². The minimum atomic E-state index is 0.338. The van der Waals surface area contributed by atoms with Gasteiger partial charge in [-0.1, -0.05) is 30.3 Å². The van der Waals surface area contributed by atoms with Gasteiger partial charge in [-0.05, 0) is 62.0 Å². The number of carbonyl (C=O) groups is 1. The first kappa shape index (κ1) is 15.2. The summed E-state index contributed by atoms with van der Waals surface area (Å²) in [5.41, 5.74) is 1.42. The van der Waals surface area contributed by atoms with E-state index in [4.69, 9.17) is 0 Å². The number of nitrogens with zero attached hydrogens (tertiary/aromatic N) is 1. The van der Waals surface area contributed by atoms with Crippen molar-refractivity contribution >= 4 is 5.91 Å². The van der Waals surface area contributed by atoms with Gasteiger partial charge in [0.05, 0.1) is 0 Å². The molecule has 3 fully saturated rings. The molecule has 3 atom stereocenters. The molecule has 0 spiro atoms. The van der Waals surface area contributed by atoms with Crippen molar-refractivity contribution in [1.82, 2.24) is 10.2 Å². The lowest BCUT2D eigenvalue weighted by Gasteiger charge is -2.16. The Balaban J connectivity index is 1.14. The highest BCUT2D eigenvalue weighted by Gasteiger charge is 2.51. The third-order valence-corrected chi connectivity index (χ3v) is 5.90. The summed E-state index contributed by atoms with van der Waals surface area (Å²) in [6, 6.07) is 10.7. The van der Waals surface area contributed by atoms with Gasteiger partial charge >= 0.3 is 0 Å². The van der Waals surface area contributed by atoms with Crippen molar-refractivity contribution in [3.63, 3.8) is 0 Å². The van der Waals surface area contributed by atoms with Crippen LogP contribution in [-0.4, -0.2) is 37.0 Å².